The van der Waals surface area contributed by atoms with E-state index in [9.17, 15) is 14.9 Å². The highest BCUT2D eigenvalue weighted by Gasteiger charge is 2.31. The Morgan fingerprint density at radius 2 is 2.29 bits per heavy atom. The van der Waals surface area contributed by atoms with Gasteiger partial charge in [-0.25, -0.2) is 4.79 Å². The topological polar surface area (TPSA) is 83.7 Å². The Labute approximate surface area is 97.6 Å². The molecule has 0 spiro atoms. The van der Waals surface area contributed by atoms with Crippen LogP contribution in [0.25, 0.3) is 0 Å². The first-order valence-electron chi connectivity index (χ1n) is 5.33. The molecule has 1 aromatic carbocycles. The average molecular weight is 236 g/mol. The molecular formula is C11H12N2O4. The van der Waals surface area contributed by atoms with E-state index in [0.717, 1.165) is 6.42 Å². The van der Waals surface area contributed by atoms with Crippen molar-refractivity contribution in [1.29, 1.82) is 0 Å². The molecular weight excluding hydrogens is 224 g/mol. The lowest BCUT2D eigenvalue weighted by Gasteiger charge is -2.23. The Balaban J connectivity index is 2.30. The minimum Gasteiger partial charge on any atom is -0.480 e. The summed E-state index contributed by atoms with van der Waals surface area (Å²) in [6, 6.07) is 5.52. The van der Waals surface area contributed by atoms with Crippen LogP contribution in [0, 0.1) is 10.1 Å². The zero-order valence-electron chi connectivity index (χ0n) is 9.07. The molecule has 1 heterocycles. The highest BCUT2D eigenvalue weighted by atomic mass is 16.6. The standard InChI is InChI=1S/C11H12N2O4/c14-11(15)10-5-2-6-12(10)8-3-1-4-9(7-8)13(16)17/h1,3-4,7,10H,2,5-6H2,(H,14,15). The molecule has 6 nitrogen and oxygen atoms in total. The van der Waals surface area contributed by atoms with E-state index in [1.807, 2.05) is 0 Å². The van der Waals surface area contributed by atoms with Crippen molar-refractivity contribution < 1.29 is 14.8 Å². The summed E-state index contributed by atoms with van der Waals surface area (Å²) in [5, 5.41) is 19.7. The molecule has 1 unspecified atom stereocenters. The van der Waals surface area contributed by atoms with Crippen LogP contribution in [0.2, 0.25) is 0 Å². The van der Waals surface area contributed by atoms with Crippen molar-refractivity contribution in [2.24, 2.45) is 0 Å². The first-order chi connectivity index (χ1) is 8.09. The van der Waals surface area contributed by atoms with Gasteiger partial charge in [-0.2, -0.15) is 0 Å². The second-order valence-corrected chi connectivity index (χ2v) is 3.97. The molecule has 1 aliphatic rings. The number of benzene rings is 1. The van der Waals surface area contributed by atoms with Crippen molar-refractivity contribution in [3.05, 3.63) is 34.4 Å². The molecule has 1 aromatic rings. The van der Waals surface area contributed by atoms with Gasteiger partial charge in [0.15, 0.2) is 0 Å². The van der Waals surface area contributed by atoms with Crippen molar-refractivity contribution in [3.63, 3.8) is 0 Å². The summed E-state index contributed by atoms with van der Waals surface area (Å²) < 4.78 is 0. The molecule has 0 aromatic heterocycles. The fourth-order valence-corrected chi connectivity index (χ4v) is 2.12. The summed E-state index contributed by atoms with van der Waals surface area (Å²) >= 11 is 0. The van der Waals surface area contributed by atoms with Crippen molar-refractivity contribution in [3.8, 4) is 0 Å². The van der Waals surface area contributed by atoms with E-state index in [2.05, 4.69) is 0 Å². The van der Waals surface area contributed by atoms with Gasteiger partial charge in [0.05, 0.1) is 4.92 Å². The fraction of sp³-hybridized carbons (Fsp3) is 0.364. The largest absolute Gasteiger partial charge is 0.480 e. The van der Waals surface area contributed by atoms with E-state index in [1.165, 1.54) is 12.1 Å². The first kappa shape index (κ1) is 11.4. The van der Waals surface area contributed by atoms with Crippen LogP contribution in [-0.2, 0) is 4.79 Å². The molecule has 0 radical (unpaired) electrons. The molecule has 2 rings (SSSR count). The third-order valence-corrected chi connectivity index (χ3v) is 2.91. The summed E-state index contributed by atoms with van der Waals surface area (Å²) in [7, 11) is 0. The second-order valence-electron chi connectivity index (χ2n) is 3.97. The van der Waals surface area contributed by atoms with Gasteiger partial charge in [-0.1, -0.05) is 6.07 Å². The Kier molecular flexibility index (Phi) is 2.95. The number of aliphatic carboxylic acids is 1. The lowest BCUT2D eigenvalue weighted by atomic mass is 10.2. The predicted octanol–water partition coefficient (Wildman–Crippen LogP) is 1.65. The molecule has 6 heteroatoms. The van der Waals surface area contributed by atoms with E-state index < -0.39 is 16.9 Å². The quantitative estimate of drug-likeness (QED) is 0.637. The summed E-state index contributed by atoms with van der Waals surface area (Å²) in [5.74, 6) is -0.881. The van der Waals surface area contributed by atoms with Crippen LogP contribution in [0.4, 0.5) is 11.4 Å². The summed E-state index contributed by atoms with van der Waals surface area (Å²) in [5.41, 5.74) is 0.586. The number of nitrogens with zero attached hydrogens (tertiary/aromatic N) is 2. The molecule has 1 fully saturated rings. The number of anilines is 1. The molecule has 1 atom stereocenters. The minimum atomic E-state index is -0.881. The number of carboxylic acid groups (broad SMARTS) is 1. The van der Waals surface area contributed by atoms with Crippen LogP contribution in [0.15, 0.2) is 24.3 Å². The Morgan fingerprint density at radius 1 is 1.53 bits per heavy atom. The number of nitro benzene ring substituents is 1. The molecule has 0 bridgehead atoms. The normalized spacial score (nSPS) is 19.3. The fourth-order valence-electron chi connectivity index (χ4n) is 2.12. The lowest BCUT2D eigenvalue weighted by Crippen LogP contribution is -2.35. The van der Waals surface area contributed by atoms with Gasteiger partial charge in [0.1, 0.15) is 6.04 Å². The van der Waals surface area contributed by atoms with Crippen molar-refractivity contribution >= 4 is 17.3 Å². The maximum atomic E-state index is 11.0. The van der Waals surface area contributed by atoms with Crippen LogP contribution >= 0.6 is 0 Å². The van der Waals surface area contributed by atoms with Gasteiger partial charge >= 0.3 is 5.97 Å². The molecule has 1 saturated heterocycles. The zero-order valence-corrected chi connectivity index (χ0v) is 9.07. The SMILES string of the molecule is O=C(O)C1CCCN1c1cccc([N+](=O)[O-])c1. The van der Waals surface area contributed by atoms with Crippen LogP contribution in [-0.4, -0.2) is 28.6 Å². The molecule has 1 N–H and O–H groups in total. The van der Waals surface area contributed by atoms with Gasteiger partial charge in [-0.3, -0.25) is 10.1 Å². The van der Waals surface area contributed by atoms with E-state index in [1.54, 1.807) is 17.0 Å². The maximum absolute atomic E-state index is 11.0. The van der Waals surface area contributed by atoms with Crippen molar-refractivity contribution in [2.75, 3.05) is 11.4 Å². The van der Waals surface area contributed by atoms with Gasteiger partial charge < -0.3 is 10.0 Å². The average Bonchev–Trinajstić information content (AvgIpc) is 2.78. The highest BCUT2D eigenvalue weighted by Crippen LogP contribution is 2.28. The third-order valence-electron chi connectivity index (χ3n) is 2.91. The van der Waals surface area contributed by atoms with Crippen molar-refractivity contribution in [1.82, 2.24) is 0 Å². The second kappa shape index (κ2) is 4.40. The van der Waals surface area contributed by atoms with Crippen LogP contribution < -0.4 is 4.90 Å². The minimum absolute atomic E-state index is 0.0152. The van der Waals surface area contributed by atoms with Gasteiger partial charge in [0, 0.05) is 24.4 Å². The number of hydrogen-bond donors (Lipinski definition) is 1. The number of carboxylic acids is 1. The van der Waals surface area contributed by atoms with Crippen molar-refractivity contribution in [2.45, 2.75) is 18.9 Å². The lowest BCUT2D eigenvalue weighted by molar-refractivity contribution is -0.384. The van der Waals surface area contributed by atoms with E-state index in [-0.39, 0.29) is 5.69 Å². The van der Waals surface area contributed by atoms with Gasteiger partial charge in [-0.05, 0) is 18.9 Å². The number of non-ortho nitro benzene ring substituents is 1. The van der Waals surface area contributed by atoms with E-state index in [4.69, 9.17) is 5.11 Å². The number of carbonyl (C=O) groups is 1. The van der Waals surface area contributed by atoms with Crippen LogP contribution in [0.1, 0.15) is 12.8 Å². The predicted molar refractivity (Wildman–Crippen MR) is 61.1 cm³/mol. The third kappa shape index (κ3) is 2.20. The van der Waals surface area contributed by atoms with E-state index >= 15 is 0 Å². The highest BCUT2D eigenvalue weighted by molar-refractivity contribution is 5.79. The van der Waals surface area contributed by atoms with Gasteiger partial charge in [-0.15, -0.1) is 0 Å². The summed E-state index contributed by atoms with van der Waals surface area (Å²) in [6.07, 6.45) is 1.37. The molecule has 1 aliphatic heterocycles. The van der Waals surface area contributed by atoms with Crippen LogP contribution in [0.5, 0.6) is 0 Å². The molecule has 0 saturated carbocycles. The molecule has 0 aliphatic carbocycles. The van der Waals surface area contributed by atoms with E-state index in [0.29, 0.717) is 18.7 Å². The van der Waals surface area contributed by atoms with Crippen LogP contribution in [0.3, 0.4) is 0 Å². The van der Waals surface area contributed by atoms with Gasteiger partial charge in [0.2, 0.25) is 0 Å². The maximum Gasteiger partial charge on any atom is 0.326 e. The molecule has 0 amide bonds. The Bertz CT molecular complexity index is 461. The summed E-state index contributed by atoms with van der Waals surface area (Å²) in [6.45, 7) is 0.623. The zero-order chi connectivity index (χ0) is 12.4. The number of hydrogen-bond acceptors (Lipinski definition) is 4. The smallest absolute Gasteiger partial charge is 0.326 e. The Morgan fingerprint density at radius 3 is 2.94 bits per heavy atom. The molecule has 90 valence electrons. The van der Waals surface area contributed by atoms with Gasteiger partial charge in [0.25, 0.3) is 5.69 Å². The Hall–Kier alpha value is -2.11. The molecule has 17 heavy (non-hydrogen) atoms. The monoisotopic (exact) mass is 236 g/mol. The summed E-state index contributed by atoms with van der Waals surface area (Å²) in [4.78, 5) is 22.9. The number of nitro groups is 1. The first-order valence-corrected chi connectivity index (χ1v) is 5.33. The number of rotatable bonds is 3.